The minimum Gasteiger partial charge on any atom is -0.342 e. The number of amides is 1. The summed E-state index contributed by atoms with van der Waals surface area (Å²) in [4.78, 5) is 14.1. The Hall–Kier alpha value is -1.35. The number of carbonyl (C=O) groups excluding carboxylic acids is 1. The molecule has 20 heavy (non-hydrogen) atoms. The number of carbonyl (C=O) groups is 1. The monoisotopic (exact) mass is 274 g/mol. The van der Waals surface area contributed by atoms with Gasteiger partial charge in [-0.3, -0.25) is 4.79 Å². The molecule has 1 aliphatic rings. The molecule has 0 bridgehead atoms. The summed E-state index contributed by atoms with van der Waals surface area (Å²) in [7, 11) is 0. The van der Waals surface area contributed by atoms with E-state index in [4.69, 9.17) is 5.73 Å². The van der Waals surface area contributed by atoms with Crippen LogP contribution in [0.4, 0.5) is 0 Å². The fraction of sp³-hybridized carbons (Fsp3) is 0.588. The van der Waals surface area contributed by atoms with Crippen LogP contribution in [-0.4, -0.2) is 30.4 Å². The summed E-state index contributed by atoms with van der Waals surface area (Å²) in [5, 5.41) is 0. The Labute approximate surface area is 122 Å². The lowest BCUT2D eigenvalue weighted by Gasteiger charge is -2.16. The first-order valence-corrected chi connectivity index (χ1v) is 7.67. The van der Waals surface area contributed by atoms with Crippen LogP contribution < -0.4 is 5.73 Å². The van der Waals surface area contributed by atoms with Crippen molar-refractivity contribution in [2.45, 2.75) is 39.0 Å². The summed E-state index contributed by atoms with van der Waals surface area (Å²) in [6, 6.07) is 8.64. The van der Waals surface area contributed by atoms with Gasteiger partial charge < -0.3 is 10.6 Å². The Bertz CT molecular complexity index is 439. The Balaban J connectivity index is 1.81. The molecule has 2 N–H and O–H groups in total. The van der Waals surface area contributed by atoms with Crippen LogP contribution in [0.25, 0.3) is 0 Å². The van der Waals surface area contributed by atoms with Crippen molar-refractivity contribution in [2.75, 3.05) is 19.6 Å². The number of nitrogens with zero attached hydrogens (tertiary/aromatic N) is 1. The van der Waals surface area contributed by atoms with E-state index in [9.17, 15) is 4.79 Å². The minimum atomic E-state index is 0.272. The maximum absolute atomic E-state index is 12.1. The molecule has 3 nitrogen and oxygen atoms in total. The van der Waals surface area contributed by atoms with Gasteiger partial charge in [-0.1, -0.05) is 38.1 Å². The van der Waals surface area contributed by atoms with Crippen molar-refractivity contribution < 1.29 is 4.79 Å². The van der Waals surface area contributed by atoms with Crippen molar-refractivity contribution in [3.8, 4) is 0 Å². The van der Waals surface area contributed by atoms with E-state index in [-0.39, 0.29) is 5.91 Å². The standard InChI is InChI=1S/C17H26N2O/c1-13(2)16-6-3-14(4-7-16)5-8-17(20)19-10-9-15(11-18)12-19/h3-4,6-7,13,15H,5,8-12,18H2,1-2H3. The minimum absolute atomic E-state index is 0.272. The molecule has 0 spiro atoms. The summed E-state index contributed by atoms with van der Waals surface area (Å²) in [6.45, 7) is 6.81. The third-order valence-corrected chi connectivity index (χ3v) is 4.25. The molecule has 0 aromatic heterocycles. The Morgan fingerprint density at radius 2 is 2.05 bits per heavy atom. The Kier molecular flexibility index (Phi) is 5.18. The van der Waals surface area contributed by atoms with Gasteiger partial charge >= 0.3 is 0 Å². The van der Waals surface area contributed by atoms with E-state index in [0.29, 0.717) is 24.8 Å². The quantitative estimate of drug-likeness (QED) is 0.897. The highest BCUT2D eigenvalue weighted by Gasteiger charge is 2.24. The largest absolute Gasteiger partial charge is 0.342 e. The van der Waals surface area contributed by atoms with Gasteiger partial charge in [0.15, 0.2) is 0 Å². The third kappa shape index (κ3) is 3.83. The van der Waals surface area contributed by atoms with Gasteiger partial charge in [0.1, 0.15) is 0 Å². The lowest BCUT2D eigenvalue weighted by atomic mass is 10.0. The van der Waals surface area contributed by atoms with Crippen LogP contribution in [-0.2, 0) is 11.2 Å². The van der Waals surface area contributed by atoms with E-state index in [1.165, 1.54) is 11.1 Å². The number of hydrogen-bond donors (Lipinski definition) is 1. The molecule has 1 heterocycles. The number of hydrogen-bond acceptors (Lipinski definition) is 2. The van der Waals surface area contributed by atoms with Gasteiger partial charge in [0.05, 0.1) is 0 Å². The van der Waals surface area contributed by atoms with Crippen molar-refractivity contribution in [3.05, 3.63) is 35.4 Å². The molecule has 1 amide bonds. The molecule has 0 aliphatic carbocycles. The molecule has 1 saturated heterocycles. The van der Waals surface area contributed by atoms with Gasteiger partial charge in [-0.25, -0.2) is 0 Å². The lowest BCUT2D eigenvalue weighted by molar-refractivity contribution is -0.130. The van der Waals surface area contributed by atoms with E-state index in [2.05, 4.69) is 38.1 Å². The van der Waals surface area contributed by atoms with Gasteiger partial charge in [0.25, 0.3) is 0 Å². The number of rotatable bonds is 5. The van der Waals surface area contributed by atoms with E-state index in [1.807, 2.05) is 4.90 Å². The molecule has 1 unspecified atom stereocenters. The maximum Gasteiger partial charge on any atom is 0.222 e. The smallest absolute Gasteiger partial charge is 0.222 e. The highest BCUT2D eigenvalue weighted by atomic mass is 16.2. The van der Waals surface area contributed by atoms with Gasteiger partial charge in [0, 0.05) is 19.5 Å². The second-order valence-electron chi connectivity index (χ2n) is 6.13. The van der Waals surface area contributed by atoms with Crippen molar-refractivity contribution in [1.82, 2.24) is 4.90 Å². The summed E-state index contributed by atoms with van der Waals surface area (Å²) < 4.78 is 0. The van der Waals surface area contributed by atoms with E-state index in [1.54, 1.807) is 0 Å². The predicted molar refractivity (Wildman–Crippen MR) is 82.6 cm³/mol. The molecule has 0 radical (unpaired) electrons. The van der Waals surface area contributed by atoms with E-state index >= 15 is 0 Å². The number of aryl methyl sites for hydroxylation is 1. The van der Waals surface area contributed by atoms with E-state index < -0.39 is 0 Å². The highest BCUT2D eigenvalue weighted by molar-refractivity contribution is 5.76. The van der Waals surface area contributed by atoms with Crippen molar-refractivity contribution >= 4 is 5.91 Å². The molecule has 1 aliphatic heterocycles. The van der Waals surface area contributed by atoms with Crippen LogP contribution in [0.1, 0.15) is 43.7 Å². The lowest BCUT2D eigenvalue weighted by Crippen LogP contribution is -2.29. The average molecular weight is 274 g/mol. The van der Waals surface area contributed by atoms with Crippen molar-refractivity contribution in [2.24, 2.45) is 11.7 Å². The van der Waals surface area contributed by atoms with Crippen LogP contribution in [0.2, 0.25) is 0 Å². The first-order chi connectivity index (χ1) is 9.60. The highest BCUT2D eigenvalue weighted by Crippen LogP contribution is 2.18. The fourth-order valence-corrected chi connectivity index (χ4v) is 2.73. The first-order valence-electron chi connectivity index (χ1n) is 7.67. The van der Waals surface area contributed by atoms with Crippen LogP contribution in [0.15, 0.2) is 24.3 Å². The average Bonchev–Trinajstić information content (AvgIpc) is 2.94. The zero-order valence-electron chi connectivity index (χ0n) is 12.6. The zero-order chi connectivity index (χ0) is 14.5. The number of nitrogens with two attached hydrogens (primary N) is 1. The normalized spacial score (nSPS) is 18.8. The second-order valence-corrected chi connectivity index (χ2v) is 6.13. The van der Waals surface area contributed by atoms with Crippen LogP contribution in [0, 0.1) is 5.92 Å². The second kappa shape index (κ2) is 6.89. The molecule has 1 aromatic carbocycles. The van der Waals surface area contributed by atoms with Crippen LogP contribution in [0.5, 0.6) is 0 Å². The van der Waals surface area contributed by atoms with Gasteiger partial charge in [-0.15, -0.1) is 0 Å². The summed E-state index contributed by atoms with van der Waals surface area (Å²) in [5.74, 6) is 1.33. The van der Waals surface area contributed by atoms with Crippen molar-refractivity contribution in [1.29, 1.82) is 0 Å². The molecule has 1 fully saturated rings. The molecule has 2 rings (SSSR count). The Morgan fingerprint density at radius 3 is 2.60 bits per heavy atom. The zero-order valence-corrected chi connectivity index (χ0v) is 12.6. The molecular weight excluding hydrogens is 248 g/mol. The predicted octanol–water partition coefficient (Wildman–Crippen LogP) is 2.55. The SMILES string of the molecule is CC(C)c1ccc(CCC(=O)N2CCC(CN)C2)cc1. The van der Waals surface area contributed by atoms with Crippen LogP contribution in [0.3, 0.4) is 0 Å². The molecular formula is C17H26N2O. The molecule has 1 aromatic rings. The molecule has 3 heteroatoms. The summed E-state index contributed by atoms with van der Waals surface area (Å²) in [6.07, 6.45) is 2.50. The topological polar surface area (TPSA) is 46.3 Å². The molecule has 110 valence electrons. The van der Waals surface area contributed by atoms with Crippen LogP contribution >= 0.6 is 0 Å². The van der Waals surface area contributed by atoms with Gasteiger partial charge in [0.2, 0.25) is 5.91 Å². The summed E-state index contributed by atoms with van der Waals surface area (Å²) >= 11 is 0. The third-order valence-electron chi connectivity index (χ3n) is 4.25. The molecule has 1 atom stereocenters. The first kappa shape index (κ1) is 15.0. The Morgan fingerprint density at radius 1 is 1.35 bits per heavy atom. The number of benzene rings is 1. The van der Waals surface area contributed by atoms with Gasteiger partial charge in [-0.2, -0.15) is 0 Å². The fourth-order valence-electron chi connectivity index (χ4n) is 2.73. The van der Waals surface area contributed by atoms with Gasteiger partial charge in [-0.05, 0) is 42.3 Å². The number of likely N-dealkylation sites (tertiary alicyclic amines) is 1. The van der Waals surface area contributed by atoms with Crippen molar-refractivity contribution in [3.63, 3.8) is 0 Å². The maximum atomic E-state index is 12.1. The van der Waals surface area contributed by atoms with E-state index in [0.717, 1.165) is 25.9 Å². The molecule has 0 saturated carbocycles. The summed E-state index contributed by atoms with van der Waals surface area (Å²) in [5.41, 5.74) is 8.26.